The van der Waals surface area contributed by atoms with E-state index in [0.717, 1.165) is 34.9 Å². The topological polar surface area (TPSA) is 32.7 Å². The predicted octanol–water partition coefficient (Wildman–Crippen LogP) is 1.39. The Bertz CT molecular complexity index is 658. The second-order valence-electron chi connectivity index (χ2n) is 5.05. The van der Waals surface area contributed by atoms with Gasteiger partial charge in [-0.2, -0.15) is 0 Å². The molecular formula is C16H18N2O. The van der Waals surface area contributed by atoms with Crippen molar-refractivity contribution in [1.29, 1.82) is 0 Å². The van der Waals surface area contributed by atoms with Crippen molar-refractivity contribution < 1.29 is 4.79 Å². The molecule has 1 aromatic rings. The molecule has 3 nitrogen and oxygen atoms in total. The zero-order valence-electron chi connectivity index (χ0n) is 11.2. The van der Waals surface area contributed by atoms with E-state index in [1.54, 1.807) is 0 Å². The molecule has 0 bridgehead atoms. The van der Waals surface area contributed by atoms with Crippen LogP contribution in [0.25, 0.3) is 5.70 Å². The fraction of sp³-hybridized carbons (Fsp3) is 0.375. The molecule has 2 heterocycles. The number of carbonyl (C=O) groups excluding carboxylic acids is 1. The van der Waals surface area contributed by atoms with Gasteiger partial charge >= 0.3 is 0 Å². The molecule has 0 atom stereocenters. The second-order valence-corrected chi connectivity index (χ2v) is 5.05. The summed E-state index contributed by atoms with van der Waals surface area (Å²) < 4.78 is 0. The number of rotatable bonds is 4. The number of unbranched alkanes of at least 4 members (excludes halogenated alkanes) is 2. The standard InChI is InChI=1S/C16H18N2O/c1-2-3-6-10-18-11-9-13-15(18)12-7-4-5-8-14(12)17-16(13)19/h4-5,7-9H,2-3,6,10-11H2,1H3. The van der Waals surface area contributed by atoms with E-state index in [0.29, 0.717) is 0 Å². The number of fused-ring (bicyclic) bond motifs is 2. The third-order valence-electron chi connectivity index (χ3n) is 3.73. The average Bonchev–Trinajstić information content (AvgIpc) is 2.84. The minimum Gasteiger partial charge on any atom is -0.367 e. The average molecular weight is 254 g/mol. The Morgan fingerprint density at radius 2 is 2.11 bits per heavy atom. The molecule has 0 radical (unpaired) electrons. The van der Waals surface area contributed by atoms with E-state index in [2.05, 4.69) is 22.9 Å². The molecule has 0 aromatic heterocycles. The van der Waals surface area contributed by atoms with Gasteiger partial charge in [0.15, 0.2) is 0 Å². The SMILES string of the molecule is CCCCCN1CC=C2C(=O)N=c3ccccc3=C21. The van der Waals surface area contributed by atoms with Gasteiger partial charge in [-0.15, -0.1) is 0 Å². The Labute approximate surface area is 113 Å². The van der Waals surface area contributed by atoms with Crippen LogP contribution in [0.4, 0.5) is 0 Å². The van der Waals surface area contributed by atoms with Crippen molar-refractivity contribution in [1.82, 2.24) is 4.90 Å². The van der Waals surface area contributed by atoms with Crippen molar-refractivity contribution in [3.63, 3.8) is 0 Å². The first kappa shape index (κ1) is 12.2. The van der Waals surface area contributed by atoms with Crippen molar-refractivity contribution in [2.75, 3.05) is 13.1 Å². The molecule has 3 rings (SSSR count). The number of nitrogens with zero attached hydrogens (tertiary/aromatic N) is 2. The van der Waals surface area contributed by atoms with Gasteiger partial charge in [0, 0.05) is 18.3 Å². The van der Waals surface area contributed by atoms with Crippen molar-refractivity contribution in [2.24, 2.45) is 4.99 Å². The van der Waals surface area contributed by atoms with Crippen LogP contribution in [0, 0.1) is 0 Å². The number of amides is 1. The lowest BCUT2D eigenvalue weighted by molar-refractivity contribution is -0.114. The van der Waals surface area contributed by atoms with Gasteiger partial charge in [0.25, 0.3) is 5.91 Å². The van der Waals surface area contributed by atoms with Crippen molar-refractivity contribution in [3.05, 3.63) is 46.5 Å². The summed E-state index contributed by atoms with van der Waals surface area (Å²) in [5.41, 5.74) is 1.88. The van der Waals surface area contributed by atoms with Gasteiger partial charge in [-0.3, -0.25) is 4.79 Å². The minimum atomic E-state index is -0.0910. The van der Waals surface area contributed by atoms with Crippen LogP contribution in [0.2, 0.25) is 0 Å². The van der Waals surface area contributed by atoms with Gasteiger partial charge in [-0.05, 0) is 12.5 Å². The molecular weight excluding hydrogens is 236 g/mol. The zero-order valence-corrected chi connectivity index (χ0v) is 11.2. The fourth-order valence-electron chi connectivity index (χ4n) is 2.76. The van der Waals surface area contributed by atoms with Gasteiger partial charge in [-0.1, -0.05) is 44.0 Å². The summed E-state index contributed by atoms with van der Waals surface area (Å²) in [5, 5.41) is 1.91. The number of para-hydroxylation sites is 1. The molecule has 0 N–H and O–H groups in total. The molecule has 0 fully saturated rings. The monoisotopic (exact) mass is 254 g/mol. The Hall–Kier alpha value is -1.90. The van der Waals surface area contributed by atoms with Gasteiger partial charge in [-0.25, -0.2) is 4.99 Å². The molecule has 0 saturated carbocycles. The highest BCUT2D eigenvalue weighted by Crippen LogP contribution is 2.25. The molecule has 3 heteroatoms. The Kier molecular flexibility index (Phi) is 3.20. The van der Waals surface area contributed by atoms with Crippen LogP contribution in [0.3, 0.4) is 0 Å². The molecule has 19 heavy (non-hydrogen) atoms. The van der Waals surface area contributed by atoms with Crippen LogP contribution in [-0.4, -0.2) is 23.9 Å². The first-order valence-corrected chi connectivity index (χ1v) is 6.99. The molecule has 1 amide bonds. The minimum absolute atomic E-state index is 0.0910. The number of carbonyl (C=O) groups is 1. The maximum absolute atomic E-state index is 12.0. The maximum atomic E-state index is 12.0. The van der Waals surface area contributed by atoms with E-state index in [1.165, 1.54) is 19.3 Å². The summed E-state index contributed by atoms with van der Waals surface area (Å²) >= 11 is 0. The lowest BCUT2D eigenvalue weighted by Crippen LogP contribution is -2.38. The predicted molar refractivity (Wildman–Crippen MR) is 74.8 cm³/mol. The molecule has 0 saturated heterocycles. The lowest BCUT2D eigenvalue weighted by Gasteiger charge is -2.22. The van der Waals surface area contributed by atoms with E-state index in [1.807, 2.05) is 24.3 Å². The molecule has 2 aliphatic rings. The molecule has 0 unspecified atom stereocenters. The highest BCUT2D eigenvalue weighted by Gasteiger charge is 2.27. The normalized spacial score (nSPS) is 16.9. The first-order valence-electron chi connectivity index (χ1n) is 6.99. The smallest absolute Gasteiger partial charge is 0.279 e. The molecule has 0 spiro atoms. The quantitative estimate of drug-likeness (QED) is 0.761. The molecule has 98 valence electrons. The molecule has 2 aliphatic heterocycles. The molecule has 1 aromatic carbocycles. The van der Waals surface area contributed by atoms with Crippen LogP contribution in [0.5, 0.6) is 0 Å². The number of hydrogen-bond acceptors (Lipinski definition) is 2. The summed E-state index contributed by atoms with van der Waals surface area (Å²) in [6, 6.07) is 7.92. The summed E-state index contributed by atoms with van der Waals surface area (Å²) in [7, 11) is 0. The van der Waals surface area contributed by atoms with Crippen molar-refractivity contribution >= 4 is 11.6 Å². The van der Waals surface area contributed by atoms with E-state index >= 15 is 0 Å². The van der Waals surface area contributed by atoms with Crippen LogP contribution in [0.1, 0.15) is 26.2 Å². The van der Waals surface area contributed by atoms with Crippen molar-refractivity contribution in [3.8, 4) is 0 Å². The van der Waals surface area contributed by atoms with Crippen LogP contribution in [-0.2, 0) is 4.79 Å². The summed E-state index contributed by atoms with van der Waals surface area (Å²) in [6.45, 7) is 4.06. The van der Waals surface area contributed by atoms with Crippen LogP contribution < -0.4 is 10.6 Å². The van der Waals surface area contributed by atoms with Crippen LogP contribution >= 0.6 is 0 Å². The van der Waals surface area contributed by atoms with Gasteiger partial charge in [0.1, 0.15) is 0 Å². The number of benzene rings is 1. The van der Waals surface area contributed by atoms with Crippen molar-refractivity contribution in [2.45, 2.75) is 26.2 Å². The largest absolute Gasteiger partial charge is 0.367 e. The van der Waals surface area contributed by atoms with E-state index in [-0.39, 0.29) is 5.91 Å². The fourth-order valence-corrected chi connectivity index (χ4v) is 2.76. The van der Waals surface area contributed by atoms with Gasteiger partial charge in [0.05, 0.1) is 16.6 Å². The third kappa shape index (κ3) is 2.09. The van der Waals surface area contributed by atoms with E-state index < -0.39 is 0 Å². The Balaban J connectivity index is 2.04. The van der Waals surface area contributed by atoms with Gasteiger partial charge < -0.3 is 4.90 Å². The first-order chi connectivity index (χ1) is 9.31. The third-order valence-corrected chi connectivity index (χ3v) is 3.73. The summed E-state index contributed by atoms with van der Waals surface area (Å²) in [5.74, 6) is -0.0910. The lowest BCUT2D eigenvalue weighted by atomic mass is 10.1. The Morgan fingerprint density at radius 1 is 1.26 bits per heavy atom. The number of hydrogen-bond donors (Lipinski definition) is 0. The highest BCUT2D eigenvalue weighted by atomic mass is 16.1. The maximum Gasteiger partial charge on any atom is 0.279 e. The summed E-state index contributed by atoms with van der Waals surface area (Å²) in [4.78, 5) is 18.5. The van der Waals surface area contributed by atoms with Gasteiger partial charge in [0.2, 0.25) is 0 Å². The van der Waals surface area contributed by atoms with E-state index in [4.69, 9.17) is 0 Å². The zero-order chi connectivity index (χ0) is 13.2. The second kappa shape index (κ2) is 5.00. The summed E-state index contributed by atoms with van der Waals surface area (Å²) in [6.07, 6.45) is 5.64. The molecule has 0 aliphatic carbocycles. The van der Waals surface area contributed by atoms with E-state index in [9.17, 15) is 4.79 Å². The van der Waals surface area contributed by atoms with Crippen LogP contribution in [0.15, 0.2) is 40.9 Å². The Morgan fingerprint density at radius 3 is 2.95 bits per heavy atom. The highest BCUT2D eigenvalue weighted by molar-refractivity contribution is 6.07.